The van der Waals surface area contributed by atoms with Gasteiger partial charge in [0.05, 0.1) is 25.1 Å². The molecule has 2 amide bonds. The molecule has 0 saturated carbocycles. The first kappa shape index (κ1) is 14.3. The minimum atomic E-state index is -0.634. The van der Waals surface area contributed by atoms with Crippen molar-refractivity contribution in [2.24, 2.45) is 0 Å². The van der Waals surface area contributed by atoms with Crippen LogP contribution in [0.15, 0.2) is 6.20 Å². The van der Waals surface area contributed by atoms with Gasteiger partial charge in [0, 0.05) is 13.1 Å². The van der Waals surface area contributed by atoms with Crippen molar-refractivity contribution in [1.29, 1.82) is 0 Å². The standard InChI is InChI=1S/C12H19N5O3/c1-2-3-14-11(18)9-7-20-5-4-17(9)12(19)10-8(13)6-15-16-10/h6,9H,2-5,7,13H2,1H3,(H,14,18)(H,15,16). The van der Waals surface area contributed by atoms with Crippen molar-refractivity contribution in [3.63, 3.8) is 0 Å². The molecule has 8 nitrogen and oxygen atoms in total. The summed E-state index contributed by atoms with van der Waals surface area (Å²) in [5, 5.41) is 9.07. The molecule has 0 spiro atoms. The van der Waals surface area contributed by atoms with E-state index in [0.717, 1.165) is 6.42 Å². The second-order valence-electron chi connectivity index (χ2n) is 4.58. The number of anilines is 1. The highest BCUT2D eigenvalue weighted by atomic mass is 16.5. The van der Waals surface area contributed by atoms with Crippen molar-refractivity contribution in [3.8, 4) is 0 Å². The number of carbonyl (C=O) groups is 2. The van der Waals surface area contributed by atoms with Gasteiger partial charge in [0.15, 0.2) is 0 Å². The molecule has 0 bridgehead atoms. The molecule has 0 aromatic carbocycles. The van der Waals surface area contributed by atoms with Crippen LogP contribution in [0.1, 0.15) is 23.8 Å². The average Bonchev–Trinajstić information content (AvgIpc) is 2.90. The van der Waals surface area contributed by atoms with Gasteiger partial charge in [-0.3, -0.25) is 14.7 Å². The molecule has 1 fully saturated rings. The summed E-state index contributed by atoms with van der Waals surface area (Å²) >= 11 is 0. The van der Waals surface area contributed by atoms with Crippen LogP contribution in [-0.2, 0) is 9.53 Å². The van der Waals surface area contributed by atoms with Crippen LogP contribution in [-0.4, -0.2) is 59.3 Å². The number of nitrogens with zero attached hydrogens (tertiary/aromatic N) is 2. The minimum Gasteiger partial charge on any atom is -0.396 e. The van der Waals surface area contributed by atoms with Crippen molar-refractivity contribution >= 4 is 17.5 Å². The van der Waals surface area contributed by atoms with Crippen molar-refractivity contribution in [3.05, 3.63) is 11.9 Å². The van der Waals surface area contributed by atoms with E-state index in [4.69, 9.17) is 10.5 Å². The molecule has 1 saturated heterocycles. The minimum absolute atomic E-state index is 0.190. The molecule has 0 radical (unpaired) electrons. The van der Waals surface area contributed by atoms with E-state index in [0.29, 0.717) is 19.7 Å². The number of hydrogen-bond acceptors (Lipinski definition) is 5. The Morgan fingerprint density at radius 2 is 2.45 bits per heavy atom. The number of hydrogen-bond donors (Lipinski definition) is 3. The van der Waals surface area contributed by atoms with Gasteiger partial charge in [-0.25, -0.2) is 0 Å². The van der Waals surface area contributed by atoms with Crippen LogP contribution in [0.4, 0.5) is 5.69 Å². The summed E-state index contributed by atoms with van der Waals surface area (Å²) < 4.78 is 5.30. The zero-order valence-electron chi connectivity index (χ0n) is 11.4. The van der Waals surface area contributed by atoms with Gasteiger partial charge in [0.25, 0.3) is 5.91 Å². The van der Waals surface area contributed by atoms with E-state index in [1.165, 1.54) is 11.1 Å². The Balaban J connectivity index is 2.12. The van der Waals surface area contributed by atoms with Gasteiger partial charge in [-0.05, 0) is 6.42 Å². The van der Waals surface area contributed by atoms with E-state index in [2.05, 4.69) is 15.5 Å². The number of nitrogen functional groups attached to an aromatic ring is 1. The van der Waals surface area contributed by atoms with Crippen LogP contribution < -0.4 is 11.1 Å². The third-order valence-electron chi connectivity index (χ3n) is 3.12. The first-order chi connectivity index (χ1) is 9.65. The highest BCUT2D eigenvalue weighted by Gasteiger charge is 2.34. The van der Waals surface area contributed by atoms with Crippen LogP contribution in [0.25, 0.3) is 0 Å². The molecule has 0 aliphatic carbocycles. The van der Waals surface area contributed by atoms with Crippen molar-refractivity contribution in [2.45, 2.75) is 19.4 Å². The van der Waals surface area contributed by atoms with E-state index in [-0.39, 0.29) is 29.8 Å². The molecule has 1 aromatic rings. The maximum atomic E-state index is 12.4. The molecule has 1 aromatic heterocycles. The normalized spacial score (nSPS) is 18.9. The summed E-state index contributed by atoms with van der Waals surface area (Å²) in [4.78, 5) is 26.0. The number of carbonyl (C=O) groups excluding carboxylic acids is 2. The lowest BCUT2D eigenvalue weighted by atomic mass is 10.2. The SMILES string of the molecule is CCCNC(=O)C1COCCN1C(=O)c1[nH]ncc1N. The molecule has 1 unspecified atom stereocenters. The third-order valence-corrected chi connectivity index (χ3v) is 3.12. The Bertz CT molecular complexity index is 487. The molecular weight excluding hydrogens is 262 g/mol. The van der Waals surface area contributed by atoms with Crippen LogP contribution in [0.5, 0.6) is 0 Å². The van der Waals surface area contributed by atoms with Gasteiger partial charge in [-0.15, -0.1) is 0 Å². The van der Waals surface area contributed by atoms with E-state index in [9.17, 15) is 9.59 Å². The first-order valence-corrected chi connectivity index (χ1v) is 6.60. The van der Waals surface area contributed by atoms with E-state index in [1.807, 2.05) is 6.92 Å². The lowest BCUT2D eigenvalue weighted by Crippen LogP contribution is -2.56. The van der Waals surface area contributed by atoms with E-state index < -0.39 is 6.04 Å². The Morgan fingerprint density at radius 1 is 1.65 bits per heavy atom. The van der Waals surface area contributed by atoms with Gasteiger partial charge in [-0.2, -0.15) is 5.10 Å². The quantitative estimate of drug-likeness (QED) is 0.679. The Morgan fingerprint density at radius 3 is 3.10 bits per heavy atom. The number of rotatable bonds is 4. The number of morpholine rings is 1. The summed E-state index contributed by atoms with van der Waals surface area (Å²) in [6.07, 6.45) is 2.21. The van der Waals surface area contributed by atoms with Crippen LogP contribution in [0.2, 0.25) is 0 Å². The predicted molar refractivity (Wildman–Crippen MR) is 71.9 cm³/mol. The largest absolute Gasteiger partial charge is 0.396 e. The lowest BCUT2D eigenvalue weighted by molar-refractivity contribution is -0.130. The number of ether oxygens (including phenoxy) is 1. The second-order valence-corrected chi connectivity index (χ2v) is 4.58. The van der Waals surface area contributed by atoms with Crippen molar-refractivity contribution in [2.75, 3.05) is 32.0 Å². The third kappa shape index (κ3) is 2.90. The first-order valence-electron chi connectivity index (χ1n) is 6.60. The van der Waals surface area contributed by atoms with Crippen molar-refractivity contribution < 1.29 is 14.3 Å². The molecule has 110 valence electrons. The van der Waals surface area contributed by atoms with E-state index >= 15 is 0 Å². The Kier molecular flexibility index (Phi) is 4.57. The number of aromatic nitrogens is 2. The van der Waals surface area contributed by atoms with Crippen LogP contribution in [0.3, 0.4) is 0 Å². The molecular formula is C12H19N5O3. The highest BCUT2D eigenvalue weighted by molar-refractivity contribution is 5.99. The maximum absolute atomic E-state index is 12.4. The molecule has 4 N–H and O–H groups in total. The molecule has 1 aliphatic heterocycles. The summed E-state index contributed by atoms with van der Waals surface area (Å²) in [5.74, 6) is -0.544. The monoisotopic (exact) mass is 281 g/mol. The molecule has 20 heavy (non-hydrogen) atoms. The number of nitrogens with one attached hydrogen (secondary N) is 2. The fourth-order valence-electron chi connectivity index (χ4n) is 2.04. The van der Waals surface area contributed by atoms with Gasteiger partial charge in [0.1, 0.15) is 11.7 Å². The summed E-state index contributed by atoms with van der Waals surface area (Å²) in [5.41, 5.74) is 6.16. The molecule has 1 atom stereocenters. The predicted octanol–water partition coefficient (Wildman–Crippen LogP) is -0.641. The topological polar surface area (TPSA) is 113 Å². The zero-order valence-corrected chi connectivity index (χ0v) is 11.4. The van der Waals surface area contributed by atoms with Gasteiger partial charge in [-0.1, -0.05) is 6.92 Å². The second kappa shape index (κ2) is 6.38. The number of amides is 2. The summed E-state index contributed by atoms with van der Waals surface area (Å²) in [6, 6.07) is -0.634. The fourth-order valence-corrected chi connectivity index (χ4v) is 2.04. The molecule has 1 aliphatic rings. The highest BCUT2D eigenvalue weighted by Crippen LogP contribution is 2.15. The van der Waals surface area contributed by atoms with Crippen molar-refractivity contribution in [1.82, 2.24) is 20.4 Å². The molecule has 8 heteroatoms. The number of nitrogens with two attached hydrogens (primary N) is 1. The Hall–Kier alpha value is -2.09. The Labute approximate surface area is 116 Å². The molecule has 2 heterocycles. The zero-order chi connectivity index (χ0) is 14.5. The van der Waals surface area contributed by atoms with E-state index in [1.54, 1.807) is 0 Å². The number of H-pyrrole nitrogens is 1. The summed E-state index contributed by atoms with van der Waals surface area (Å²) in [6.45, 7) is 3.48. The van der Waals surface area contributed by atoms with Crippen LogP contribution >= 0.6 is 0 Å². The fraction of sp³-hybridized carbons (Fsp3) is 0.583. The number of aromatic amines is 1. The van der Waals surface area contributed by atoms with Crippen LogP contribution in [0, 0.1) is 0 Å². The van der Waals surface area contributed by atoms with Gasteiger partial charge in [0.2, 0.25) is 5.91 Å². The maximum Gasteiger partial charge on any atom is 0.274 e. The average molecular weight is 281 g/mol. The summed E-state index contributed by atoms with van der Waals surface area (Å²) in [7, 11) is 0. The van der Waals surface area contributed by atoms with Gasteiger partial charge >= 0.3 is 0 Å². The lowest BCUT2D eigenvalue weighted by Gasteiger charge is -2.34. The van der Waals surface area contributed by atoms with Gasteiger partial charge < -0.3 is 20.7 Å². The smallest absolute Gasteiger partial charge is 0.274 e. The molecule has 2 rings (SSSR count).